The molecule has 0 aromatic rings. The van der Waals surface area contributed by atoms with E-state index in [0.29, 0.717) is 0 Å². The van der Waals surface area contributed by atoms with Crippen LogP contribution in [0.2, 0.25) is 0 Å². The second kappa shape index (κ2) is 14.9. The van der Waals surface area contributed by atoms with Crippen molar-refractivity contribution in [2.45, 2.75) is 108 Å². The average molecular weight is 989 g/mol. The molecule has 356 valence electrons. The van der Waals surface area contributed by atoms with Crippen molar-refractivity contribution in [2.24, 2.45) is 0 Å². The van der Waals surface area contributed by atoms with Crippen LogP contribution in [0.25, 0.3) is 0 Å². The van der Waals surface area contributed by atoms with E-state index in [-0.39, 0.29) is 0 Å². The summed E-state index contributed by atoms with van der Waals surface area (Å²) in [4.78, 5) is 11.3. The number of alkyl halides is 34. The Hall–Kier alpha value is -2.27. The van der Waals surface area contributed by atoms with E-state index in [1.54, 1.807) is 0 Å². The predicted octanol–water partition coefficient (Wildman–Crippen LogP) is 11.3. The van der Waals surface area contributed by atoms with Gasteiger partial charge in [-0.1, -0.05) is 0 Å². The third-order valence-electron chi connectivity index (χ3n) is 6.91. The van der Waals surface area contributed by atoms with Crippen molar-refractivity contribution in [3.05, 3.63) is 0 Å². The molecule has 0 N–H and O–H groups in total. The SMILES string of the molecule is O=P([O-])(OCCC(F)(F)C(F)(F)C(F)(F)C(F)(F)C(F)(F)C(F)(F)C(F)(F)C(F)(F)F)OCCC(F)(F)C(F)(F)C(F)(F)C(F)(F)C(F)(F)C(F)(F)C(F)(F)C(F)(F)F. The lowest BCUT2D eigenvalue weighted by atomic mass is 9.88. The van der Waals surface area contributed by atoms with Gasteiger partial charge in [-0.2, -0.15) is 149 Å². The summed E-state index contributed by atoms with van der Waals surface area (Å²) in [6.45, 7) is -6.35. The Morgan fingerprint density at radius 2 is 0.441 bits per heavy atom. The molecule has 0 aliphatic heterocycles. The van der Waals surface area contributed by atoms with Crippen molar-refractivity contribution < 1.29 is 168 Å². The molecule has 0 bridgehead atoms. The van der Waals surface area contributed by atoms with E-state index >= 15 is 0 Å². The van der Waals surface area contributed by atoms with Gasteiger partial charge in [-0.3, -0.25) is 4.57 Å². The number of phosphoric acid groups is 1. The monoisotopic (exact) mass is 989 g/mol. The first-order valence-electron chi connectivity index (χ1n) is 12.9. The maximum Gasteiger partial charge on any atom is 0.460 e. The molecule has 0 rings (SSSR count). The molecule has 0 atom stereocenters. The minimum absolute atomic E-state index is 2.92. The largest absolute Gasteiger partial charge is 0.756 e. The summed E-state index contributed by atoms with van der Waals surface area (Å²) in [5.74, 6) is -121. The molecule has 0 spiro atoms. The molecule has 0 radical (unpaired) electrons. The first-order valence-corrected chi connectivity index (χ1v) is 14.4. The quantitative estimate of drug-likeness (QED) is 0.0901. The van der Waals surface area contributed by atoms with Crippen LogP contribution >= 0.6 is 7.82 Å². The number of rotatable bonds is 20. The van der Waals surface area contributed by atoms with E-state index < -0.39 is 129 Å². The molecule has 0 aromatic heterocycles. The van der Waals surface area contributed by atoms with Crippen LogP contribution < -0.4 is 4.89 Å². The van der Waals surface area contributed by atoms with Gasteiger partial charge in [-0.05, 0) is 0 Å². The molecule has 0 amide bonds. The number of phosphoric ester groups is 1. The number of halogens is 34. The second-order valence-electron chi connectivity index (χ2n) is 10.9. The van der Waals surface area contributed by atoms with Crippen molar-refractivity contribution in [3.63, 3.8) is 0 Å². The zero-order chi connectivity index (χ0) is 48.7. The molecule has 0 unspecified atom stereocenters. The third-order valence-corrected chi connectivity index (χ3v) is 7.90. The molecule has 39 heteroatoms. The molecule has 59 heavy (non-hydrogen) atoms. The van der Waals surface area contributed by atoms with Gasteiger partial charge < -0.3 is 13.9 Å². The van der Waals surface area contributed by atoms with Crippen LogP contribution in [0.3, 0.4) is 0 Å². The van der Waals surface area contributed by atoms with Gasteiger partial charge in [0.1, 0.15) is 0 Å². The summed E-state index contributed by atoms with van der Waals surface area (Å²) in [6, 6.07) is 0. The van der Waals surface area contributed by atoms with E-state index in [1.165, 1.54) is 0 Å². The van der Waals surface area contributed by atoms with Crippen LogP contribution in [0.1, 0.15) is 12.8 Å². The lowest BCUT2D eigenvalue weighted by Gasteiger charge is -2.43. The van der Waals surface area contributed by atoms with Gasteiger partial charge in [0.15, 0.2) is 0 Å². The fourth-order valence-corrected chi connectivity index (χ4v) is 4.02. The summed E-state index contributed by atoms with van der Waals surface area (Å²) in [5, 5.41) is 0. The zero-order valence-corrected chi connectivity index (χ0v) is 26.7. The van der Waals surface area contributed by atoms with Gasteiger partial charge in [0.25, 0.3) is 7.82 Å². The highest BCUT2D eigenvalue weighted by Gasteiger charge is 2.96. The van der Waals surface area contributed by atoms with Crippen molar-refractivity contribution in [1.29, 1.82) is 0 Å². The maximum absolute atomic E-state index is 13.8. The Balaban J connectivity index is 6.27. The standard InChI is InChI=1S/C20H9F34O4P/c21-5(22,7(25,26)9(29,30)11(33,34)13(37,38)15(41,42)17(45,46)19(49,50)51)1-3-57-59(55,56)58-4-2-6(23,24)8(27,28)10(31,32)12(35,36)14(39,40)16(43,44)18(47,48)20(52,53)54/h1-4H2,(H,55,56)/p-1. The molecule has 4 nitrogen and oxygen atoms in total. The summed E-state index contributed by atoms with van der Waals surface area (Å²) in [6.07, 6.45) is -23.8. The molecular weight excluding hydrogens is 981 g/mol. The van der Waals surface area contributed by atoms with Crippen molar-refractivity contribution in [2.75, 3.05) is 13.2 Å². The van der Waals surface area contributed by atoms with E-state index in [1.807, 2.05) is 0 Å². The van der Waals surface area contributed by atoms with E-state index in [0.717, 1.165) is 0 Å². The van der Waals surface area contributed by atoms with Crippen LogP contribution in [-0.2, 0) is 13.6 Å². The van der Waals surface area contributed by atoms with Gasteiger partial charge >= 0.3 is 95.3 Å². The molecule has 0 saturated carbocycles. The molecule has 0 fully saturated rings. The van der Waals surface area contributed by atoms with Crippen molar-refractivity contribution in [1.82, 2.24) is 0 Å². The van der Waals surface area contributed by atoms with Crippen LogP contribution in [0.4, 0.5) is 149 Å². The normalized spacial score (nSPS) is 16.9. The van der Waals surface area contributed by atoms with E-state index in [4.69, 9.17) is 0 Å². The Morgan fingerprint density at radius 1 is 0.288 bits per heavy atom. The zero-order valence-electron chi connectivity index (χ0n) is 25.8. The molecule has 0 aromatic carbocycles. The second-order valence-corrected chi connectivity index (χ2v) is 12.3. The maximum atomic E-state index is 13.8. The summed E-state index contributed by atoms with van der Waals surface area (Å²) >= 11 is 0. The molecule has 0 aliphatic rings. The highest BCUT2D eigenvalue weighted by Crippen LogP contribution is 2.66. The summed E-state index contributed by atoms with van der Waals surface area (Å²) < 4.78 is 467. The van der Waals surface area contributed by atoms with Gasteiger partial charge in [-0.15, -0.1) is 0 Å². The fraction of sp³-hybridized carbons (Fsp3) is 1.00. The van der Waals surface area contributed by atoms with E-state index in [2.05, 4.69) is 9.05 Å². The summed E-state index contributed by atoms with van der Waals surface area (Å²) in [5.41, 5.74) is 0. The minimum atomic E-state index is -9.12. The number of hydrogen-bond acceptors (Lipinski definition) is 4. The van der Waals surface area contributed by atoms with Gasteiger partial charge in [-0.25, -0.2) is 0 Å². The summed E-state index contributed by atoms with van der Waals surface area (Å²) in [7, 11) is -7.18. The lowest BCUT2D eigenvalue weighted by molar-refractivity contribution is -0.462. The first-order chi connectivity index (χ1) is 24.9. The van der Waals surface area contributed by atoms with Gasteiger partial charge in [0.2, 0.25) is 0 Å². The predicted molar refractivity (Wildman–Crippen MR) is 110 cm³/mol. The number of hydrogen-bond donors (Lipinski definition) is 0. The highest BCUT2D eigenvalue weighted by molar-refractivity contribution is 7.45. The molecular formula is C20H8F34O4P-. The Bertz CT molecular complexity index is 1420. The Morgan fingerprint density at radius 3 is 0.610 bits per heavy atom. The third kappa shape index (κ3) is 8.24. The van der Waals surface area contributed by atoms with Crippen LogP contribution in [0, 0.1) is 0 Å². The minimum Gasteiger partial charge on any atom is -0.756 e. The first kappa shape index (κ1) is 56.7. The molecule has 0 heterocycles. The Kier molecular flexibility index (Phi) is 14.4. The van der Waals surface area contributed by atoms with Gasteiger partial charge in [0, 0.05) is 12.8 Å². The van der Waals surface area contributed by atoms with Crippen LogP contribution in [0.5, 0.6) is 0 Å². The molecule has 0 saturated heterocycles. The van der Waals surface area contributed by atoms with Crippen molar-refractivity contribution >= 4 is 7.82 Å². The molecule has 0 aliphatic carbocycles. The van der Waals surface area contributed by atoms with Crippen LogP contribution in [0.15, 0.2) is 0 Å². The van der Waals surface area contributed by atoms with Crippen molar-refractivity contribution in [3.8, 4) is 0 Å². The van der Waals surface area contributed by atoms with E-state index in [9.17, 15) is 159 Å². The highest BCUT2D eigenvalue weighted by atomic mass is 31.2. The van der Waals surface area contributed by atoms with Gasteiger partial charge in [0.05, 0.1) is 13.2 Å². The smallest absolute Gasteiger partial charge is 0.460 e. The average Bonchev–Trinajstić information content (AvgIpc) is 2.98. The lowest BCUT2D eigenvalue weighted by Crippen LogP contribution is -2.74. The topological polar surface area (TPSA) is 58.6 Å². The fourth-order valence-electron chi connectivity index (χ4n) is 3.32. The Labute approximate surface area is 298 Å². The van der Waals surface area contributed by atoms with Crippen LogP contribution in [-0.4, -0.2) is 108 Å².